The smallest absolute Gasteiger partial charge is 0.339 e. The Hall–Kier alpha value is -3.51. The molecule has 0 radical (unpaired) electrons. The van der Waals surface area contributed by atoms with Crippen LogP contribution < -0.4 is 5.32 Å². The van der Waals surface area contributed by atoms with Crippen LogP contribution in [-0.4, -0.2) is 92.4 Å². The second kappa shape index (κ2) is 12.9. The first-order valence-corrected chi connectivity index (χ1v) is 17.3. The molecule has 1 aromatic heterocycles. The minimum Gasteiger partial charge on any atom is -0.346 e. The number of thiophene rings is 1. The Bertz CT molecular complexity index is 1660. The van der Waals surface area contributed by atoms with Gasteiger partial charge in [-0.2, -0.15) is 8.78 Å². The van der Waals surface area contributed by atoms with E-state index in [-0.39, 0.29) is 35.2 Å². The van der Waals surface area contributed by atoms with Crippen molar-refractivity contribution in [3.8, 4) is 0 Å². The molecule has 14 heteroatoms. The van der Waals surface area contributed by atoms with Gasteiger partial charge < -0.3 is 29.8 Å². The first-order chi connectivity index (χ1) is 21.9. The number of carbonyl (C=O) groups excluding carboxylic acids is 4. The maximum atomic E-state index is 14.2. The Kier molecular flexibility index (Phi) is 9.13. The summed E-state index contributed by atoms with van der Waals surface area (Å²) in [6, 6.07) is 13.0. The molecule has 10 nitrogen and oxygen atoms in total. The molecule has 4 atom stereocenters. The number of rotatable bonds is 6. The minimum absolute atomic E-state index is 0.0678. The number of benzene rings is 2. The fraction of sp³-hybridized carbons (Fsp3) is 0.438. The number of carbonyl (C=O) groups is 4. The lowest BCUT2D eigenvalue weighted by Crippen LogP contribution is -2.61. The number of nitrogens with zero attached hydrogens (tertiary/aromatic N) is 3. The summed E-state index contributed by atoms with van der Waals surface area (Å²) in [6.45, 7) is 2.88. The lowest BCUT2D eigenvalue weighted by molar-refractivity contribution is -0.148. The SMILES string of the molecule is CC(=O)N1CC[C@H]2CC[C@@H](C(=O)N3CC[C@@H](c4ccccc4)C3)N2C(=O)[C@@H](NC(=O)c2cc3cc(C(F)(F)P(O)O)ccc3s2)C1. The van der Waals surface area contributed by atoms with Gasteiger partial charge in [0, 0.05) is 55.3 Å². The number of hydrogen-bond donors (Lipinski definition) is 3. The van der Waals surface area contributed by atoms with E-state index in [1.54, 1.807) is 4.90 Å². The van der Waals surface area contributed by atoms with E-state index in [1.165, 1.54) is 29.5 Å². The summed E-state index contributed by atoms with van der Waals surface area (Å²) in [6.07, 6.45) is 2.46. The highest BCUT2D eigenvalue weighted by Crippen LogP contribution is 2.53. The first kappa shape index (κ1) is 32.4. The van der Waals surface area contributed by atoms with Crippen LogP contribution in [0.2, 0.25) is 0 Å². The van der Waals surface area contributed by atoms with Crippen molar-refractivity contribution in [1.29, 1.82) is 0 Å². The zero-order valence-electron chi connectivity index (χ0n) is 25.1. The Balaban J connectivity index is 1.22. The van der Waals surface area contributed by atoms with Gasteiger partial charge in [0.25, 0.3) is 5.91 Å². The van der Waals surface area contributed by atoms with E-state index in [0.29, 0.717) is 49.0 Å². The van der Waals surface area contributed by atoms with E-state index in [9.17, 15) is 28.0 Å². The molecular formula is C32H35F2N4O6PS. The molecule has 46 heavy (non-hydrogen) atoms. The summed E-state index contributed by atoms with van der Waals surface area (Å²) >= 11 is 1.04. The number of halogens is 2. The highest BCUT2D eigenvalue weighted by molar-refractivity contribution is 7.46. The maximum Gasteiger partial charge on any atom is 0.339 e. The van der Waals surface area contributed by atoms with Crippen molar-refractivity contribution in [2.24, 2.45) is 0 Å². The van der Waals surface area contributed by atoms with Crippen LogP contribution in [0.1, 0.15) is 59.3 Å². The second-order valence-corrected chi connectivity index (χ2v) is 14.4. The van der Waals surface area contributed by atoms with Crippen LogP contribution >= 0.6 is 19.7 Å². The number of amides is 4. The minimum atomic E-state index is -3.84. The molecule has 4 heterocycles. The molecule has 6 rings (SSSR count). The molecule has 2 aromatic carbocycles. The van der Waals surface area contributed by atoms with Gasteiger partial charge in [-0.3, -0.25) is 19.2 Å². The van der Waals surface area contributed by atoms with E-state index >= 15 is 0 Å². The van der Waals surface area contributed by atoms with E-state index in [4.69, 9.17) is 9.79 Å². The molecule has 3 fully saturated rings. The number of fused-ring (bicyclic) bond motifs is 2. The van der Waals surface area contributed by atoms with Gasteiger partial charge in [-0.25, -0.2) is 0 Å². The van der Waals surface area contributed by atoms with Gasteiger partial charge >= 0.3 is 5.66 Å². The third-order valence-corrected chi connectivity index (χ3v) is 11.2. The molecule has 3 aliphatic heterocycles. The Morgan fingerprint density at radius 1 is 0.957 bits per heavy atom. The second-order valence-electron chi connectivity index (χ2n) is 12.1. The Morgan fingerprint density at radius 2 is 1.70 bits per heavy atom. The zero-order chi connectivity index (χ0) is 32.7. The quantitative estimate of drug-likeness (QED) is 0.340. The fourth-order valence-corrected chi connectivity index (χ4v) is 8.18. The van der Waals surface area contributed by atoms with E-state index in [1.807, 2.05) is 23.1 Å². The summed E-state index contributed by atoms with van der Waals surface area (Å²) in [4.78, 5) is 77.5. The maximum absolute atomic E-state index is 14.2. The summed E-state index contributed by atoms with van der Waals surface area (Å²) in [5, 5.41) is 3.08. The van der Waals surface area contributed by atoms with Gasteiger partial charge in [0.15, 0.2) is 0 Å². The lowest BCUT2D eigenvalue weighted by atomic mass is 9.99. The standard InChI is InChI=1S/C32H35F2N4O6PS/c1-19(39)36-14-12-24-8-9-26(31(42)37-13-11-21(17-37)20-5-3-2-4-6-20)38(24)30(41)25(18-36)35-29(40)28-16-22-15-23(7-10-27(22)46-28)32(33,34)45(43)44/h2-7,10,15-16,21,24-26,43-44H,8-9,11-14,17-18H2,1H3,(H,35,40)/t21-,24-,25+,26+/m1/s1. The summed E-state index contributed by atoms with van der Waals surface area (Å²) in [7, 11) is -3.55. The molecule has 3 aromatic rings. The molecule has 0 bridgehead atoms. The van der Waals surface area contributed by atoms with Gasteiger partial charge in [-0.1, -0.05) is 36.4 Å². The number of likely N-dealkylation sites (tertiary alicyclic amines) is 1. The zero-order valence-corrected chi connectivity index (χ0v) is 26.9. The molecule has 244 valence electrons. The van der Waals surface area contributed by atoms with Crippen LogP contribution in [0.3, 0.4) is 0 Å². The summed E-state index contributed by atoms with van der Waals surface area (Å²) in [5.74, 6) is -1.17. The molecular weight excluding hydrogens is 637 g/mol. The van der Waals surface area contributed by atoms with Crippen molar-refractivity contribution < 1.29 is 37.7 Å². The third kappa shape index (κ3) is 6.25. The van der Waals surface area contributed by atoms with Crippen molar-refractivity contribution in [3.63, 3.8) is 0 Å². The van der Waals surface area contributed by atoms with E-state index in [2.05, 4.69) is 17.4 Å². The topological polar surface area (TPSA) is 130 Å². The summed E-state index contributed by atoms with van der Waals surface area (Å²) < 4.78 is 29.0. The average molecular weight is 673 g/mol. The highest BCUT2D eigenvalue weighted by atomic mass is 32.1. The molecule has 0 spiro atoms. The van der Waals surface area contributed by atoms with Crippen molar-refractivity contribution in [3.05, 3.63) is 70.6 Å². The molecule has 0 saturated carbocycles. The van der Waals surface area contributed by atoms with Crippen LogP contribution in [0, 0.1) is 0 Å². The lowest BCUT2D eigenvalue weighted by Gasteiger charge is -2.39. The fourth-order valence-electron chi connectivity index (χ4n) is 6.87. The van der Waals surface area contributed by atoms with Crippen LogP contribution in [0.5, 0.6) is 0 Å². The molecule has 4 amide bonds. The predicted octanol–water partition coefficient (Wildman–Crippen LogP) is 3.97. The van der Waals surface area contributed by atoms with E-state index < -0.39 is 43.5 Å². The van der Waals surface area contributed by atoms with Crippen LogP contribution in [0.4, 0.5) is 8.78 Å². The monoisotopic (exact) mass is 672 g/mol. The number of alkyl halides is 2. The molecule has 0 unspecified atom stereocenters. The van der Waals surface area contributed by atoms with Crippen molar-refractivity contribution >= 4 is 53.4 Å². The van der Waals surface area contributed by atoms with Crippen molar-refractivity contribution in [2.45, 2.75) is 62.3 Å². The van der Waals surface area contributed by atoms with Gasteiger partial charge in [0.2, 0.25) is 26.1 Å². The van der Waals surface area contributed by atoms with Gasteiger partial charge in [0.1, 0.15) is 12.1 Å². The highest BCUT2D eigenvalue weighted by Gasteiger charge is 2.47. The van der Waals surface area contributed by atoms with Crippen LogP contribution in [-0.2, 0) is 20.0 Å². The molecule has 3 N–H and O–H groups in total. The van der Waals surface area contributed by atoms with Gasteiger partial charge in [-0.05, 0) is 54.8 Å². The van der Waals surface area contributed by atoms with E-state index in [0.717, 1.165) is 29.9 Å². The molecule has 3 saturated heterocycles. The van der Waals surface area contributed by atoms with Crippen molar-refractivity contribution in [1.82, 2.24) is 20.0 Å². The van der Waals surface area contributed by atoms with Gasteiger partial charge in [-0.15, -0.1) is 11.3 Å². The molecule has 0 aliphatic carbocycles. The Labute approximate surface area is 269 Å². The van der Waals surface area contributed by atoms with Crippen LogP contribution in [0.15, 0.2) is 54.6 Å². The normalized spacial score (nSPS) is 23.9. The Morgan fingerprint density at radius 3 is 2.41 bits per heavy atom. The largest absolute Gasteiger partial charge is 0.346 e. The van der Waals surface area contributed by atoms with Gasteiger partial charge in [0.05, 0.1) is 4.88 Å². The first-order valence-electron chi connectivity index (χ1n) is 15.3. The predicted molar refractivity (Wildman–Crippen MR) is 169 cm³/mol. The van der Waals surface area contributed by atoms with Crippen LogP contribution in [0.25, 0.3) is 10.1 Å². The average Bonchev–Trinajstić information content (AvgIpc) is 3.79. The van der Waals surface area contributed by atoms with Crippen molar-refractivity contribution in [2.75, 3.05) is 26.2 Å². The number of hydrogen-bond acceptors (Lipinski definition) is 7. The number of nitrogens with one attached hydrogen (secondary N) is 1. The third-order valence-electron chi connectivity index (χ3n) is 9.34. The summed E-state index contributed by atoms with van der Waals surface area (Å²) in [5.41, 5.74) is -3.25. The molecule has 3 aliphatic rings.